The SMILES string of the molecule is CCOc1nc2ccccc2nc1N(C)C(=O)N1CCN(c2cc(OC)cc(OC)c2)CC1.CCOc1nc2ccccc2nc1NC(=O)N1CCN(c2cc(OC)cc(OC)c2)CC1. The normalized spacial score (nSPS) is 13.7. The van der Waals surface area contributed by atoms with Gasteiger partial charge in [0.15, 0.2) is 5.82 Å². The number of para-hydroxylation sites is 4. The Hall–Kier alpha value is -7.50. The fraction of sp³-hybridized carbons (Fsp3) is 0.362. The summed E-state index contributed by atoms with van der Waals surface area (Å²) in [5.41, 5.74) is 4.87. The Balaban J connectivity index is 0.000000194. The minimum Gasteiger partial charge on any atom is -0.497 e. The number of benzene rings is 4. The third kappa shape index (κ3) is 10.8. The zero-order valence-corrected chi connectivity index (χ0v) is 37.9. The zero-order chi connectivity index (χ0) is 45.9. The molecule has 2 fully saturated rings. The Bertz CT molecular complexity index is 2540. The quantitative estimate of drug-likeness (QED) is 0.136. The van der Waals surface area contributed by atoms with Gasteiger partial charge in [0.1, 0.15) is 23.0 Å². The highest BCUT2D eigenvalue weighted by atomic mass is 16.5. The second-order valence-electron chi connectivity index (χ2n) is 14.9. The molecule has 4 aromatic carbocycles. The van der Waals surface area contributed by atoms with E-state index in [-0.39, 0.29) is 12.1 Å². The molecule has 0 unspecified atom stereocenters. The number of piperazine rings is 2. The van der Waals surface area contributed by atoms with Gasteiger partial charge in [0.25, 0.3) is 11.8 Å². The molecule has 2 aromatic heterocycles. The third-order valence-electron chi connectivity index (χ3n) is 11.0. The van der Waals surface area contributed by atoms with E-state index in [1.807, 2.05) is 104 Å². The number of carbonyl (C=O) groups is 2. The zero-order valence-electron chi connectivity index (χ0n) is 37.9. The first-order valence-electron chi connectivity index (χ1n) is 21.5. The fourth-order valence-corrected chi connectivity index (χ4v) is 7.49. The number of anilines is 4. The maximum atomic E-state index is 13.3. The fourth-order valence-electron chi connectivity index (χ4n) is 7.49. The number of amides is 4. The van der Waals surface area contributed by atoms with Gasteiger partial charge < -0.3 is 48.0 Å². The molecule has 8 rings (SSSR count). The smallest absolute Gasteiger partial charge is 0.325 e. The number of nitrogens with one attached hydrogen (secondary N) is 1. The van der Waals surface area contributed by atoms with Gasteiger partial charge in [0.2, 0.25) is 5.82 Å². The van der Waals surface area contributed by atoms with Gasteiger partial charge in [0, 0.05) is 107 Å². The molecule has 0 aliphatic carbocycles. The Morgan fingerprint density at radius 2 is 0.954 bits per heavy atom. The first-order chi connectivity index (χ1) is 31.6. The number of hydrogen-bond acceptors (Lipinski definition) is 14. The van der Waals surface area contributed by atoms with Gasteiger partial charge in [0.05, 0.1) is 63.7 Å². The van der Waals surface area contributed by atoms with E-state index < -0.39 is 0 Å². The molecule has 2 aliphatic heterocycles. The van der Waals surface area contributed by atoms with E-state index in [1.165, 1.54) is 4.90 Å². The van der Waals surface area contributed by atoms with Crippen LogP contribution in [-0.2, 0) is 0 Å². The predicted octanol–water partition coefficient (Wildman–Crippen LogP) is 6.82. The highest BCUT2D eigenvalue weighted by Crippen LogP contribution is 2.32. The monoisotopic (exact) mass is 888 g/mol. The summed E-state index contributed by atoms with van der Waals surface area (Å²) < 4.78 is 32.8. The Labute approximate surface area is 378 Å². The van der Waals surface area contributed by atoms with Gasteiger partial charge in [-0.1, -0.05) is 24.3 Å². The first-order valence-corrected chi connectivity index (χ1v) is 21.5. The summed E-state index contributed by atoms with van der Waals surface area (Å²) in [6.45, 7) is 9.66. The highest BCUT2D eigenvalue weighted by Gasteiger charge is 2.28. The molecule has 2 aliphatic rings. The van der Waals surface area contributed by atoms with Crippen LogP contribution < -0.4 is 48.4 Å². The van der Waals surface area contributed by atoms with Crippen LogP contribution in [-0.4, -0.2) is 143 Å². The number of urea groups is 2. The summed E-state index contributed by atoms with van der Waals surface area (Å²) >= 11 is 0. The molecule has 6 aromatic rings. The van der Waals surface area contributed by atoms with Gasteiger partial charge in [-0.3, -0.25) is 10.2 Å². The Kier molecular flexibility index (Phi) is 14.9. The van der Waals surface area contributed by atoms with Crippen LogP contribution in [0.25, 0.3) is 22.1 Å². The van der Waals surface area contributed by atoms with Gasteiger partial charge in [-0.15, -0.1) is 0 Å². The molecule has 0 bridgehead atoms. The summed E-state index contributed by atoms with van der Waals surface area (Å²) in [5, 5.41) is 2.88. The molecule has 4 heterocycles. The molecule has 0 radical (unpaired) electrons. The Morgan fingerprint density at radius 3 is 1.40 bits per heavy atom. The van der Waals surface area contributed by atoms with E-state index in [1.54, 1.807) is 40.4 Å². The van der Waals surface area contributed by atoms with Crippen LogP contribution >= 0.6 is 0 Å². The molecular formula is C47H56N10O8. The molecule has 0 saturated carbocycles. The van der Waals surface area contributed by atoms with Crippen LogP contribution in [0.2, 0.25) is 0 Å². The first kappa shape index (κ1) is 45.5. The average molecular weight is 889 g/mol. The van der Waals surface area contributed by atoms with Crippen molar-refractivity contribution < 1.29 is 38.0 Å². The predicted molar refractivity (Wildman–Crippen MR) is 251 cm³/mol. The molecule has 342 valence electrons. The van der Waals surface area contributed by atoms with Crippen molar-refractivity contribution in [2.75, 3.05) is 121 Å². The summed E-state index contributed by atoms with van der Waals surface area (Å²) in [6, 6.07) is 26.3. The number of rotatable bonds is 12. The molecule has 2 saturated heterocycles. The van der Waals surface area contributed by atoms with Crippen LogP contribution in [0.4, 0.5) is 32.6 Å². The van der Waals surface area contributed by atoms with Gasteiger partial charge >= 0.3 is 12.1 Å². The van der Waals surface area contributed by atoms with E-state index in [2.05, 4.69) is 35.1 Å². The second kappa shape index (κ2) is 21.2. The number of fused-ring (bicyclic) bond motifs is 2. The van der Waals surface area contributed by atoms with Crippen molar-refractivity contribution in [3.63, 3.8) is 0 Å². The maximum Gasteiger partial charge on any atom is 0.325 e. The van der Waals surface area contributed by atoms with Crippen molar-refractivity contribution >= 4 is 57.1 Å². The molecule has 18 heteroatoms. The molecule has 1 N–H and O–H groups in total. The van der Waals surface area contributed by atoms with Crippen LogP contribution in [0.3, 0.4) is 0 Å². The third-order valence-corrected chi connectivity index (χ3v) is 11.0. The van der Waals surface area contributed by atoms with Crippen LogP contribution in [0.5, 0.6) is 34.8 Å². The number of carbonyl (C=O) groups excluding carboxylic acids is 2. The summed E-state index contributed by atoms with van der Waals surface area (Å²) in [6.07, 6.45) is 0. The molecule has 18 nitrogen and oxygen atoms in total. The van der Waals surface area contributed by atoms with Gasteiger partial charge in [-0.2, -0.15) is 0 Å². The minimum absolute atomic E-state index is 0.136. The number of aromatic nitrogens is 4. The highest BCUT2D eigenvalue weighted by molar-refractivity contribution is 5.93. The molecular weight excluding hydrogens is 833 g/mol. The standard InChI is InChI=1S/C24H29N5O4.C23H27N5O4/c1-5-33-23-22(25-20-8-6-7-9-21(20)26-23)27(2)24(30)29-12-10-28(11-13-29)17-14-18(31-3)16-19(15-17)32-4;1-4-32-22-21(24-19-7-5-6-8-20(19)25-22)26-23(29)28-11-9-27(10-12-28)16-13-17(30-2)15-18(14-16)31-3/h6-9,14-16H,5,10-13H2,1-4H3;5-8,13-15H,4,9-12H2,1-3H3,(H,24,26,29). The lowest BCUT2D eigenvalue weighted by Gasteiger charge is -2.37. The average Bonchev–Trinajstić information content (AvgIpc) is 3.35. The lowest BCUT2D eigenvalue weighted by Crippen LogP contribution is -2.52. The topological polar surface area (TPSA) is 169 Å². The molecule has 0 spiro atoms. The van der Waals surface area contributed by atoms with Gasteiger partial charge in [-0.05, 0) is 38.1 Å². The summed E-state index contributed by atoms with van der Waals surface area (Å²) in [5.74, 6) is 4.37. The number of nitrogens with zero attached hydrogens (tertiary/aromatic N) is 9. The van der Waals surface area contributed by atoms with Crippen molar-refractivity contribution in [2.24, 2.45) is 0 Å². The molecule has 65 heavy (non-hydrogen) atoms. The van der Waals surface area contributed by atoms with E-state index >= 15 is 0 Å². The van der Waals surface area contributed by atoms with Crippen LogP contribution in [0.15, 0.2) is 84.9 Å². The largest absolute Gasteiger partial charge is 0.497 e. The van der Waals surface area contributed by atoms with Gasteiger partial charge in [-0.25, -0.2) is 29.5 Å². The number of methoxy groups -OCH3 is 4. The van der Waals surface area contributed by atoms with Crippen LogP contribution in [0, 0.1) is 0 Å². The van der Waals surface area contributed by atoms with E-state index in [9.17, 15) is 9.59 Å². The second-order valence-corrected chi connectivity index (χ2v) is 14.9. The lowest BCUT2D eigenvalue weighted by atomic mass is 10.2. The van der Waals surface area contributed by atoms with Crippen molar-refractivity contribution in [1.82, 2.24) is 29.7 Å². The molecule has 4 amide bonds. The lowest BCUT2D eigenvalue weighted by molar-refractivity contribution is 0.201. The van der Waals surface area contributed by atoms with Crippen molar-refractivity contribution in [2.45, 2.75) is 13.8 Å². The maximum absolute atomic E-state index is 13.3. The summed E-state index contributed by atoms with van der Waals surface area (Å²) in [4.78, 5) is 54.0. The Morgan fingerprint density at radius 1 is 0.554 bits per heavy atom. The van der Waals surface area contributed by atoms with E-state index in [0.717, 1.165) is 45.4 Å². The number of hydrogen-bond donors (Lipinski definition) is 1. The van der Waals surface area contributed by atoms with Crippen LogP contribution in [0.1, 0.15) is 13.8 Å². The number of ether oxygens (including phenoxy) is 6. The minimum atomic E-state index is -0.224. The van der Waals surface area contributed by atoms with E-state index in [0.29, 0.717) is 100 Å². The van der Waals surface area contributed by atoms with Crippen molar-refractivity contribution in [3.05, 3.63) is 84.9 Å². The van der Waals surface area contributed by atoms with Crippen molar-refractivity contribution in [3.8, 4) is 34.8 Å². The molecule has 0 atom stereocenters. The van der Waals surface area contributed by atoms with Crippen molar-refractivity contribution in [1.29, 1.82) is 0 Å². The van der Waals surface area contributed by atoms with E-state index in [4.69, 9.17) is 28.4 Å². The summed E-state index contributed by atoms with van der Waals surface area (Å²) in [7, 11) is 8.25.